The van der Waals surface area contributed by atoms with Crippen molar-refractivity contribution in [2.75, 3.05) is 6.54 Å². The van der Waals surface area contributed by atoms with Gasteiger partial charge in [0.25, 0.3) is 0 Å². The predicted octanol–water partition coefficient (Wildman–Crippen LogP) is 3.35. The van der Waals surface area contributed by atoms with Crippen LogP contribution in [0.1, 0.15) is 41.0 Å². The molecule has 3 rings (SSSR count). The van der Waals surface area contributed by atoms with Crippen LogP contribution in [0, 0.1) is 6.92 Å². The first-order chi connectivity index (χ1) is 12.6. The van der Waals surface area contributed by atoms with Crippen molar-refractivity contribution in [3.63, 3.8) is 0 Å². The number of rotatable bonds is 8. The van der Waals surface area contributed by atoms with Crippen LogP contribution in [-0.4, -0.2) is 27.6 Å². The highest BCUT2D eigenvalue weighted by atomic mass is 16.2. The van der Waals surface area contributed by atoms with Gasteiger partial charge in [-0.15, -0.1) is 0 Å². The van der Waals surface area contributed by atoms with Crippen molar-refractivity contribution in [2.45, 2.75) is 32.6 Å². The van der Waals surface area contributed by atoms with Crippen LogP contribution in [0.25, 0.3) is 5.52 Å². The number of benzene rings is 1. The Balaban J connectivity index is 1.38. The fourth-order valence-electron chi connectivity index (χ4n) is 2.86. The third-order valence-corrected chi connectivity index (χ3v) is 4.37. The molecule has 0 saturated heterocycles. The first kappa shape index (κ1) is 17.9. The van der Waals surface area contributed by atoms with Crippen molar-refractivity contribution in [3.8, 4) is 0 Å². The molecule has 5 nitrogen and oxygen atoms in total. The minimum atomic E-state index is -0.0848. The summed E-state index contributed by atoms with van der Waals surface area (Å²) in [6.45, 7) is 2.56. The number of Topliss-reactive ketones (excluding diaryl/α,β-unsaturated/α-hetero) is 1. The summed E-state index contributed by atoms with van der Waals surface area (Å²) in [4.78, 5) is 28.4. The van der Waals surface area contributed by atoms with Crippen molar-refractivity contribution >= 4 is 17.2 Å². The number of aromatic nitrogens is 2. The number of nitrogens with one attached hydrogen (secondary N) is 1. The summed E-state index contributed by atoms with van der Waals surface area (Å²) < 4.78 is 2.06. The Morgan fingerprint density at radius 1 is 1.08 bits per heavy atom. The van der Waals surface area contributed by atoms with E-state index in [0.29, 0.717) is 12.1 Å². The van der Waals surface area contributed by atoms with E-state index in [1.165, 1.54) is 0 Å². The molecule has 134 valence electrons. The van der Waals surface area contributed by atoms with Crippen molar-refractivity contribution < 1.29 is 9.59 Å². The molecule has 0 unspecified atom stereocenters. The number of amides is 1. The standard InChI is InChI=1S/C21H23N3O2/c1-16-7-9-17(10-8-16)19(25)11-12-21(26)22-13-4-6-20-23-15-18-5-2-3-14-24(18)20/h2-3,5,7-10,14-15H,4,6,11-13H2,1H3,(H,22,26). The van der Waals surface area contributed by atoms with Crippen molar-refractivity contribution in [1.82, 2.24) is 14.7 Å². The van der Waals surface area contributed by atoms with Gasteiger partial charge >= 0.3 is 0 Å². The van der Waals surface area contributed by atoms with E-state index in [-0.39, 0.29) is 24.5 Å². The third kappa shape index (κ3) is 4.57. The molecule has 0 aliphatic carbocycles. The number of carbonyl (C=O) groups is 2. The molecular formula is C21H23N3O2. The van der Waals surface area contributed by atoms with Crippen LogP contribution in [0.15, 0.2) is 54.9 Å². The molecule has 1 amide bonds. The van der Waals surface area contributed by atoms with E-state index >= 15 is 0 Å². The smallest absolute Gasteiger partial charge is 0.220 e. The molecule has 0 fully saturated rings. The van der Waals surface area contributed by atoms with Gasteiger partial charge in [-0.05, 0) is 25.5 Å². The molecule has 26 heavy (non-hydrogen) atoms. The number of fused-ring (bicyclic) bond motifs is 1. The van der Waals surface area contributed by atoms with E-state index in [2.05, 4.69) is 14.7 Å². The molecule has 0 saturated carbocycles. The summed E-state index contributed by atoms with van der Waals surface area (Å²) in [5, 5.41) is 2.88. The monoisotopic (exact) mass is 349 g/mol. The quantitative estimate of drug-likeness (QED) is 0.501. The molecule has 0 aliphatic heterocycles. The van der Waals surface area contributed by atoms with Gasteiger partial charge in [0.05, 0.1) is 11.7 Å². The van der Waals surface area contributed by atoms with E-state index in [4.69, 9.17) is 0 Å². The first-order valence-electron chi connectivity index (χ1n) is 8.91. The molecule has 0 radical (unpaired) electrons. The molecular weight excluding hydrogens is 326 g/mol. The maximum absolute atomic E-state index is 12.1. The summed E-state index contributed by atoms with van der Waals surface area (Å²) >= 11 is 0. The number of pyridine rings is 1. The average molecular weight is 349 g/mol. The highest BCUT2D eigenvalue weighted by Crippen LogP contribution is 2.09. The lowest BCUT2D eigenvalue weighted by atomic mass is 10.1. The molecule has 5 heteroatoms. The lowest BCUT2D eigenvalue weighted by molar-refractivity contribution is -0.121. The second kappa shape index (κ2) is 8.43. The van der Waals surface area contributed by atoms with Crippen molar-refractivity contribution in [1.29, 1.82) is 0 Å². The maximum atomic E-state index is 12.1. The average Bonchev–Trinajstić information content (AvgIpc) is 3.07. The fraction of sp³-hybridized carbons (Fsp3) is 0.286. The Morgan fingerprint density at radius 3 is 2.69 bits per heavy atom. The zero-order chi connectivity index (χ0) is 18.4. The second-order valence-corrected chi connectivity index (χ2v) is 6.41. The highest BCUT2D eigenvalue weighted by Gasteiger charge is 2.09. The van der Waals surface area contributed by atoms with Gasteiger partial charge < -0.3 is 9.72 Å². The summed E-state index contributed by atoms with van der Waals surface area (Å²) in [6.07, 6.45) is 5.91. The number of nitrogens with zero attached hydrogens (tertiary/aromatic N) is 2. The van der Waals surface area contributed by atoms with Crippen LogP contribution in [0.3, 0.4) is 0 Å². The minimum absolute atomic E-state index is 0.00371. The van der Waals surface area contributed by atoms with Gasteiger partial charge in [0.1, 0.15) is 5.82 Å². The summed E-state index contributed by atoms with van der Waals surface area (Å²) in [5.74, 6) is 0.909. The normalized spacial score (nSPS) is 10.8. The Hall–Kier alpha value is -2.95. The van der Waals surface area contributed by atoms with Gasteiger partial charge in [-0.1, -0.05) is 35.9 Å². The van der Waals surface area contributed by atoms with Crippen LogP contribution in [0.2, 0.25) is 0 Å². The Labute approximate surface area is 153 Å². The Bertz CT molecular complexity index is 897. The zero-order valence-electron chi connectivity index (χ0n) is 14.9. The summed E-state index contributed by atoms with van der Waals surface area (Å²) in [6, 6.07) is 13.4. The molecule has 0 atom stereocenters. The summed E-state index contributed by atoms with van der Waals surface area (Å²) in [5.41, 5.74) is 2.85. The second-order valence-electron chi connectivity index (χ2n) is 6.41. The van der Waals surface area contributed by atoms with Gasteiger partial charge in [0.2, 0.25) is 5.91 Å². The summed E-state index contributed by atoms with van der Waals surface area (Å²) in [7, 11) is 0. The molecule has 2 heterocycles. The highest BCUT2D eigenvalue weighted by molar-refractivity contribution is 5.97. The Kier molecular flexibility index (Phi) is 5.79. The van der Waals surface area contributed by atoms with E-state index in [9.17, 15) is 9.59 Å². The maximum Gasteiger partial charge on any atom is 0.220 e. The predicted molar refractivity (Wildman–Crippen MR) is 101 cm³/mol. The number of hydrogen-bond acceptors (Lipinski definition) is 3. The van der Waals surface area contributed by atoms with Gasteiger partial charge in [0, 0.05) is 37.6 Å². The molecule has 0 bridgehead atoms. The number of hydrogen-bond donors (Lipinski definition) is 1. The lowest BCUT2D eigenvalue weighted by Crippen LogP contribution is -2.25. The van der Waals surface area contributed by atoms with Gasteiger partial charge in [-0.25, -0.2) is 4.98 Å². The van der Waals surface area contributed by atoms with Crippen LogP contribution >= 0.6 is 0 Å². The van der Waals surface area contributed by atoms with E-state index in [1.807, 2.05) is 61.8 Å². The molecule has 3 aromatic rings. The Morgan fingerprint density at radius 2 is 1.88 bits per heavy atom. The molecule has 1 aromatic carbocycles. The number of imidazole rings is 1. The van der Waals surface area contributed by atoms with E-state index in [1.54, 1.807) is 0 Å². The van der Waals surface area contributed by atoms with Gasteiger partial charge in [-0.2, -0.15) is 0 Å². The van der Waals surface area contributed by atoms with Crippen LogP contribution in [0.5, 0.6) is 0 Å². The van der Waals surface area contributed by atoms with Crippen molar-refractivity contribution in [2.24, 2.45) is 0 Å². The zero-order valence-corrected chi connectivity index (χ0v) is 14.9. The largest absolute Gasteiger partial charge is 0.356 e. The van der Waals surface area contributed by atoms with Gasteiger partial charge in [0.15, 0.2) is 5.78 Å². The number of aryl methyl sites for hydroxylation is 2. The topological polar surface area (TPSA) is 63.5 Å². The first-order valence-corrected chi connectivity index (χ1v) is 8.91. The molecule has 2 aromatic heterocycles. The van der Waals surface area contributed by atoms with Crippen LogP contribution in [-0.2, 0) is 11.2 Å². The SMILES string of the molecule is Cc1ccc(C(=O)CCC(=O)NCCCc2ncc3ccccn23)cc1. The van der Waals surface area contributed by atoms with E-state index in [0.717, 1.165) is 29.7 Å². The van der Waals surface area contributed by atoms with Crippen LogP contribution in [0.4, 0.5) is 0 Å². The van der Waals surface area contributed by atoms with Crippen molar-refractivity contribution in [3.05, 3.63) is 71.8 Å². The molecule has 1 N–H and O–H groups in total. The number of ketones is 1. The van der Waals surface area contributed by atoms with Crippen LogP contribution < -0.4 is 5.32 Å². The molecule has 0 spiro atoms. The van der Waals surface area contributed by atoms with Gasteiger partial charge in [-0.3, -0.25) is 9.59 Å². The van der Waals surface area contributed by atoms with E-state index < -0.39 is 0 Å². The lowest BCUT2D eigenvalue weighted by Gasteiger charge is -2.05. The number of carbonyl (C=O) groups excluding carboxylic acids is 2. The fourth-order valence-corrected chi connectivity index (χ4v) is 2.86. The molecule has 0 aliphatic rings. The third-order valence-electron chi connectivity index (χ3n) is 4.37. The minimum Gasteiger partial charge on any atom is -0.356 e.